The summed E-state index contributed by atoms with van der Waals surface area (Å²) in [5.41, 5.74) is 5.99. The topological polar surface area (TPSA) is 101 Å². The third-order valence-corrected chi connectivity index (χ3v) is 3.63. The third kappa shape index (κ3) is 2.55. The van der Waals surface area contributed by atoms with Crippen molar-refractivity contribution in [1.29, 1.82) is 5.26 Å². The average molecular weight is 371 g/mol. The number of ether oxygens (including phenoxy) is 1. The first-order chi connectivity index (χ1) is 9.90. The number of phenols is 1. The van der Waals surface area contributed by atoms with Crippen molar-refractivity contribution in [1.82, 2.24) is 4.57 Å². The second-order valence-electron chi connectivity index (χ2n) is 4.03. The fourth-order valence-corrected chi connectivity index (χ4v) is 2.63. The van der Waals surface area contributed by atoms with Crippen LogP contribution in [0.15, 0.2) is 22.8 Å². The summed E-state index contributed by atoms with van der Waals surface area (Å²) in [7, 11) is 1.19. The van der Waals surface area contributed by atoms with Gasteiger partial charge in [0.25, 0.3) is 0 Å². The molecule has 108 valence electrons. The van der Waals surface area contributed by atoms with E-state index in [4.69, 9.17) is 22.6 Å². The Labute approximate surface area is 133 Å². The summed E-state index contributed by atoms with van der Waals surface area (Å²) in [5, 5.41) is 19.5. The number of nitrogens with two attached hydrogens (primary N) is 1. The van der Waals surface area contributed by atoms with Gasteiger partial charge in [-0.15, -0.1) is 0 Å². The van der Waals surface area contributed by atoms with Crippen LogP contribution in [0.5, 0.6) is 5.75 Å². The number of nitrogen functional groups attached to an aromatic ring is 1. The molecule has 2 aromatic rings. The molecule has 0 spiro atoms. The zero-order chi connectivity index (χ0) is 15.7. The molecule has 0 aliphatic rings. The molecule has 0 atom stereocenters. The van der Waals surface area contributed by atoms with Gasteiger partial charge in [-0.25, -0.2) is 4.79 Å². The van der Waals surface area contributed by atoms with Gasteiger partial charge in [-0.05, 0) is 28.1 Å². The smallest absolute Gasteiger partial charge is 0.357 e. The van der Waals surface area contributed by atoms with E-state index in [0.717, 1.165) is 0 Å². The van der Waals surface area contributed by atoms with Gasteiger partial charge in [-0.1, -0.05) is 11.6 Å². The number of esters is 1. The van der Waals surface area contributed by atoms with E-state index in [1.54, 1.807) is 0 Å². The molecule has 0 amide bonds. The highest BCUT2D eigenvalue weighted by Gasteiger charge is 2.23. The number of phenolic OH excluding ortho intramolecular Hbond substituents is 1. The summed E-state index contributed by atoms with van der Waals surface area (Å²) in [6.07, 6.45) is 1.33. The Morgan fingerprint density at radius 1 is 1.57 bits per heavy atom. The number of nitrogens with zero attached hydrogens (tertiary/aromatic N) is 2. The zero-order valence-corrected chi connectivity index (χ0v) is 13.1. The molecule has 0 saturated carbocycles. The summed E-state index contributed by atoms with van der Waals surface area (Å²) in [6, 6.07) is 4.81. The predicted octanol–water partition coefficient (Wildman–Crippen LogP) is 2.84. The molecule has 0 aliphatic carbocycles. The van der Waals surface area contributed by atoms with Crippen molar-refractivity contribution >= 4 is 39.2 Å². The molecule has 3 N–H and O–H groups in total. The second-order valence-corrected chi connectivity index (χ2v) is 5.32. The lowest BCUT2D eigenvalue weighted by Crippen LogP contribution is -2.11. The highest BCUT2D eigenvalue weighted by Crippen LogP contribution is 2.36. The maximum absolute atomic E-state index is 11.9. The minimum Gasteiger partial charge on any atom is -0.505 e. The molecule has 0 aliphatic heterocycles. The van der Waals surface area contributed by atoms with Gasteiger partial charge in [-0.3, -0.25) is 0 Å². The number of aromatic hydroxyl groups is 1. The quantitative estimate of drug-likeness (QED) is 0.792. The van der Waals surface area contributed by atoms with Gasteiger partial charge in [0, 0.05) is 11.2 Å². The van der Waals surface area contributed by atoms with E-state index in [0.29, 0.717) is 9.50 Å². The number of anilines is 1. The van der Waals surface area contributed by atoms with Gasteiger partial charge < -0.3 is 20.1 Å². The van der Waals surface area contributed by atoms with Gasteiger partial charge in [0.15, 0.2) is 11.4 Å². The standard InChI is InChI=1S/C13H9BrClN3O3/c1-21-13(20)11-10(17)6(4-16)5-18(11)9-3-7(15)2-8(14)12(9)19/h2-3,5,19H,17H2,1H3. The molecule has 1 aromatic heterocycles. The predicted molar refractivity (Wildman–Crippen MR) is 80.6 cm³/mol. The van der Waals surface area contributed by atoms with Crippen LogP contribution >= 0.6 is 27.5 Å². The Kier molecular flexibility index (Phi) is 4.11. The van der Waals surface area contributed by atoms with Crippen molar-refractivity contribution in [2.24, 2.45) is 0 Å². The summed E-state index contributed by atoms with van der Waals surface area (Å²) in [4.78, 5) is 11.9. The fraction of sp³-hybridized carbons (Fsp3) is 0.0769. The molecule has 1 heterocycles. The highest BCUT2D eigenvalue weighted by molar-refractivity contribution is 9.10. The molecule has 0 fully saturated rings. The van der Waals surface area contributed by atoms with E-state index in [2.05, 4.69) is 20.7 Å². The van der Waals surface area contributed by atoms with Crippen LogP contribution in [0.25, 0.3) is 5.69 Å². The summed E-state index contributed by atoms with van der Waals surface area (Å²) >= 11 is 9.11. The number of halogens is 2. The Morgan fingerprint density at radius 2 is 2.24 bits per heavy atom. The lowest BCUT2D eigenvalue weighted by molar-refractivity contribution is 0.0593. The molecule has 0 radical (unpaired) electrons. The van der Waals surface area contributed by atoms with Crippen LogP contribution in [-0.4, -0.2) is 22.8 Å². The highest BCUT2D eigenvalue weighted by atomic mass is 79.9. The van der Waals surface area contributed by atoms with Gasteiger partial charge >= 0.3 is 5.97 Å². The zero-order valence-electron chi connectivity index (χ0n) is 10.7. The van der Waals surface area contributed by atoms with Crippen LogP contribution in [0.3, 0.4) is 0 Å². The lowest BCUT2D eigenvalue weighted by Gasteiger charge is -2.11. The van der Waals surface area contributed by atoms with E-state index < -0.39 is 5.97 Å². The number of carbonyl (C=O) groups excluding carboxylic acids is 1. The van der Waals surface area contributed by atoms with Gasteiger partial charge in [0.2, 0.25) is 0 Å². The number of nitriles is 1. The van der Waals surface area contributed by atoms with Gasteiger partial charge in [0.1, 0.15) is 6.07 Å². The maximum atomic E-state index is 11.9. The van der Waals surface area contributed by atoms with E-state index in [1.807, 2.05) is 6.07 Å². The van der Waals surface area contributed by atoms with Gasteiger partial charge in [0.05, 0.1) is 28.5 Å². The summed E-state index contributed by atoms with van der Waals surface area (Å²) in [6.45, 7) is 0. The molecular formula is C13H9BrClN3O3. The molecule has 8 heteroatoms. The summed E-state index contributed by atoms with van der Waals surface area (Å²) in [5.74, 6) is -0.881. The average Bonchev–Trinajstić information content (AvgIpc) is 2.78. The molecule has 6 nitrogen and oxygen atoms in total. The Bertz CT molecular complexity index is 780. The van der Waals surface area contributed by atoms with E-state index in [-0.39, 0.29) is 28.4 Å². The van der Waals surface area contributed by atoms with E-state index >= 15 is 0 Å². The Balaban J connectivity index is 2.82. The number of benzene rings is 1. The summed E-state index contributed by atoms with van der Waals surface area (Å²) < 4.78 is 6.27. The van der Waals surface area contributed by atoms with Crippen molar-refractivity contribution in [2.45, 2.75) is 0 Å². The SMILES string of the molecule is COC(=O)c1c(N)c(C#N)cn1-c1cc(Cl)cc(Br)c1O. The second kappa shape index (κ2) is 5.68. The van der Waals surface area contributed by atoms with Crippen LogP contribution in [0.1, 0.15) is 16.1 Å². The van der Waals surface area contributed by atoms with E-state index in [9.17, 15) is 9.90 Å². The van der Waals surface area contributed by atoms with Crippen molar-refractivity contribution < 1.29 is 14.6 Å². The number of hydrogen-bond donors (Lipinski definition) is 2. The molecule has 0 bridgehead atoms. The number of methoxy groups -OCH3 is 1. The Hall–Kier alpha value is -2.17. The van der Waals surface area contributed by atoms with Crippen molar-refractivity contribution in [3.05, 3.63) is 39.1 Å². The van der Waals surface area contributed by atoms with Crippen LogP contribution in [0, 0.1) is 11.3 Å². The monoisotopic (exact) mass is 369 g/mol. The van der Waals surface area contributed by atoms with Gasteiger partial charge in [-0.2, -0.15) is 5.26 Å². The fourth-order valence-electron chi connectivity index (χ4n) is 1.84. The van der Waals surface area contributed by atoms with E-state index in [1.165, 1.54) is 30.0 Å². The first kappa shape index (κ1) is 15.2. The number of carbonyl (C=O) groups is 1. The lowest BCUT2D eigenvalue weighted by atomic mass is 10.2. The number of aromatic nitrogens is 1. The van der Waals surface area contributed by atoms with Crippen molar-refractivity contribution in [3.63, 3.8) is 0 Å². The minimum atomic E-state index is -0.732. The molecule has 21 heavy (non-hydrogen) atoms. The maximum Gasteiger partial charge on any atom is 0.357 e. The third-order valence-electron chi connectivity index (χ3n) is 2.81. The van der Waals surface area contributed by atoms with Crippen molar-refractivity contribution in [3.8, 4) is 17.5 Å². The molecule has 1 aromatic carbocycles. The molecule has 0 saturated heterocycles. The van der Waals surface area contributed by atoms with Crippen LogP contribution in [0.2, 0.25) is 5.02 Å². The first-order valence-corrected chi connectivity index (χ1v) is 6.75. The van der Waals surface area contributed by atoms with Crippen LogP contribution in [0.4, 0.5) is 5.69 Å². The van der Waals surface area contributed by atoms with Crippen LogP contribution < -0.4 is 5.73 Å². The molecule has 2 rings (SSSR count). The number of hydrogen-bond acceptors (Lipinski definition) is 5. The van der Waals surface area contributed by atoms with Crippen molar-refractivity contribution in [2.75, 3.05) is 12.8 Å². The number of rotatable bonds is 2. The Morgan fingerprint density at radius 3 is 2.81 bits per heavy atom. The molecular weight excluding hydrogens is 362 g/mol. The minimum absolute atomic E-state index is 0.0279. The van der Waals surface area contributed by atoms with Crippen LogP contribution in [-0.2, 0) is 4.74 Å². The first-order valence-electron chi connectivity index (χ1n) is 5.58. The largest absolute Gasteiger partial charge is 0.505 e. The molecule has 0 unspecified atom stereocenters. The normalized spacial score (nSPS) is 10.2.